The summed E-state index contributed by atoms with van der Waals surface area (Å²) in [7, 11) is 1.66. The lowest BCUT2D eigenvalue weighted by Gasteiger charge is -1.70. The summed E-state index contributed by atoms with van der Waals surface area (Å²) in [5, 5.41) is 0.602. The normalized spacial score (nSPS) is 10.2. The average Bonchev–Trinajstić information content (AvgIpc) is 1.38. The Morgan fingerprint density at radius 3 is 1.83 bits per heavy atom. The van der Waals surface area contributed by atoms with Crippen molar-refractivity contribution in [1.29, 1.82) is 0 Å². The van der Waals surface area contributed by atoms with Gasteiger partial charge in [0, 0.05) is 7.05 Å². The Labute approximate surface area is 48.8 Å². The second-order valence-electron chi connectivity index (χ2n) is 0.721. The van der Waals surface area contributed by atoms with Crippen LogP contribution in [-0.4, -0.2) is 12.2 Å². The van der Waals surface area contributed by atoms with Crippen LogP contribution >= 0.6 is 24.0 Å². The molecule has 38 valence electrons. The first-order valence-corrected chi connectivity index (χ1v) is 1.74. The molecule has 0 unspecified atom stereocenters. The third-order valence-electron chi connectivity index (χ3n) is 0.308. The summed E-state index contributed by atoms with van der Waals surface area (Å²) in [5.74, 6) is 0. The molecule has 0 rings (SSSR count). The minimum absolute atomic E-state index is 0. The Balaban J connectivity index is 0. The van der Waals surface area contributed by atoms with Crippen molar-refractivity contribution in [1.82, 2.24) is 0 Å². The van der Waals surface area contributed by atoms with E-state index in [0.29, 0.717) is 5.17 Å². The Morgan fingerprint density at radius 2 is 1.83 bits per heavy atom. The monoisotopic (exact) mass is 127 g/mol. The lowest BCUT2D eigenvalue weighted by atomic mass is 10.9. The number of nitrogens with zero attached hydrogens (tertiary/aromatic N) is 1. The summed E-state index contributed by atoms with van der Waals surface area (Å²) in [4.78, 5) is 3.57. The van der Waals surface area contributed by atoms with Crippen molar-refractivity contribution in [3.8, 4) is 0 Å². The van der Waals surface area contributed by atoms with E-state index in [2.05, 4.69) is 4.99 Å². The number of rotatable bonds is 0. The largest absolute Gasteiger partial charge is 0.281 e. The first kappa shape index (κ1) is 9.54. The average molecular weight is 128 g/mol. The molecule has 0 aliphatic heterocycles. The minimum Gasteiger partial charge on any atom is -0.281 e. The quantitative estimate of drug-likeness (QED) is 0.440. The van der Waals surface area contributed by atoms with E-state index >= 15 is 0 Å². The molecule has 0 bridgehead atoms. The standard InChI is InChI=1S/C3H6ClN.ClH/c1-3(4)5-2;/h1-2H3;1H. The molecule has 0 saturated carbocycles. The minimum atomic E-state index is 0. The van der Waals surface area contributed by atoms with E-state index in [1.165, 1.54) is 0 Å². The predicted octanol–water partition coefficient (Wildman–Crippen LogP) is 1.70. The van der Waals surface area contributed by atoms with Gasteiger partial charge in [-0.15, -0.1) is 12.4 Å². The fraction of sp³-hybridized carbons (Fsp3) is 0.667. The molecule has 0 fully saturated rings. The van der Waals surface area contributed by atoms with Crippen molar-refractivity contribution in [2.45, 2.75) is 6.92 Å². The van der Waals surface area contributed by atoms with Crippen molar-refractivity contribution < 1.29 is 0 Å². The molecule has 1 nitrogen and oxygen atoms in total. The third kappa shape index (κ3) is 8.87. The van der Waals surface area contributed by atoms with Gasteiger partial charge in [-0.05, 0) is 6.92 Å². The van der Waals surface area contributed by atoms with Crippen LogP contribution in [0.4, 0.5) is 0 Å². The molecule has 0 spiro atoms. The predicted molar refractivity (Wildman–Crippen MR) is 32.1 cm³/mol. The van der Waals surface area contributed by atoms with Crippen LogP contribution in [0.2, 0.25) is 0 Å². The van der Waals surface area contributed by atoms with E-state index in [1.807, 2.05) is 0 Å². The van der Waals surface area contributed by atoms with E-state index in [9.17, 15) is 0 Å². The van der Waals surface area contributed by atoms with Crippen LogP contribution in [0.1, 0.15) is 6.92 Å². The zero-order valence-electron chi connectivity index (χ0n) is 3.73. The summed E-state index contributed by atoms with van der Waals surface area (Å²) < 4.78 is 0. The van der Waals surface area contributed by atoms with Crippen LogP contribution in [0.25, 0.3) is 0 Å². The Hall–Kier alpha value is 0.250. The second kappa shape index (κ2) is 5.25. The molecule has 6 heavy (non-hydrogen) atoms. The van der Waals surface area contributed by atoms with Crippen molar-refractivity contribution in [2.75, 3.05) is 7.05 Å². The highest BCUT2D eigenvalue weighted by Gasteiger charge is 1.66. The fourth-order valence-corrected chi connectivity index (χ4v) is 0. The summed E-state index contributed by atoms with van der Waals surface area (Å²) >= 11 is 5.21. The van der Waals surface area contributed by atoms with Gasteiger partial charge in [-0.3, -0.25) is 4.99 Å². The van der Waals surface area contributed by atoms with Gasteiger partial charge in [-0.1, -0.05) is 11.6 Å². The van der Waals surface area contributed by atoms with Gasteiger partial charge in [0.1, 0.15) is 0 Å². The summed E-state index contributed by atoms with van der Waals surface area (Å²) in [6.45, 7) is 1.74. The maximum Gasteiger partial charge on any atom is 0.0968 e. The Morgan fingerprint density at radius 1 is 1.67 bits per heavy atom. The van der Waals surface area contributed by atoms with Crippen LogP contribution in [0.15, 0.2) is 4.99 Å². The zero-order valence-corrected chi connectivity index (χ0v) is 5.31. The number of halogens is 2. The maximum absolute atomic E-state index is 5.21. The molecule has 0 aromatic carbocycles. The van der Waals surface area contributed by atoms with Crippen LogP contribution in [0, 0.1) is 0 Å². The fourth-order valence-electron chi connectivity index (χ4n) is 0. The first-order valence-electron chi connectivity index (χ1n) is 1.36. The van der Waals surface area contributed by atoms with Gasteiger partial charge in [0.05, 0.1) is 5.17 Å². The Bertz CT molecular complexity index is 46.8. The van der Waals surface area contributed by atoms with Crippen LogP contribution in [0.5, 0.6) is 0 Å². The molecule has 0 amide bonds. The Kier molecular flexibility index (Phi) is 8.35. The lowest BCUT2D eigenvalue weighted by Crippen LogP contribution is -1.67. The van der Waals surface area contributed by atoms with Gasteiger partial charge in [-0.2, -0.15) is 0 Å². The highest BCUT2D eigenvalue weighted by Crippen LogP contribution is 1.76. The molecule has 0 aliphatic rings. The lowest BCUT2D eigenvalue weighted by molar-refractivity contribution is 1.45. The SMILES string of the molecule is CN=C(C)Cl.Cl. The molecule has 0 N–H and O–H groups in total. The topological polar surface area (TPSA) is 12.4 Å². The summed E-state index contributed by atoms with van der Waals surface area (Å²) in [6, 6.07) is 0. The molecule has 0 heterocycles. The van der Waals surface area contributed by atoms with Crippen LogP contribution in [-0.2, 0) is 0 Å². The van der Waals surface area contributed by atoms with Gasteiger partial charge in [0.2, 0.25) is 0 Å². The number of aliphatic imine (C=N–C) groups is 1. The van der Waals surface area contributed by atoms with Crippen LogP contribution < -0.4 is 0 Å². The number of hydrogen-bond acceptors (Lipinski definition) is 1. The summed E-state index contributed by atoms with van der Waals surface area (Å²) in [5.41, 5.74) is 0. The highest BCUT2D eigenvalue weighted by atomic mass is 35.5. The van der Waals surface area contributed by atoms with E-state index < -0.39 is 0 Å². The summed E-state index contributed by atoms with van der Waals surface area (Å²) in [6.07, 6.45) is 0. The van der Waals surface area contributed by atoms with E-state index in [-0.39, 0.29) is 12.4 Å². The van der Waals surface area contributed by atoms with E-state index in [1.54, 1.807) is 14.0 Å². The van der Waals surface area contributed by atoms with Crippen molar-refractivity contribution in [3.63, 3.8) is 0 Å². The van der Waals surface area contributed by atoms with E-state index in [0.717, 1.165) is 0 Å². The molecule has 0 aromatic heterocycles. The van der Waals surface area contributed by atoms with Gasteiger partial charge in [0.25, 0.3) is 0 Å². The molecular formula is C3H7Cl2N. The molecule has 0 aliphatic carbocycles. The van der Waals surface area contributed by atoms with Gasteiger partial charge < -0.3 is 0 Å². The van der Waals surface area contributed by atoms with Gasteiger partial charge in [-0.25, -0.2) is 0 Å². The first-order chi connectivity index (χ1) is 2.27. The molecule has 0 aromatic rings. The van der Waals surface area contributed by atoms with Crippen molar-refractivity contribution in [3.05, 3.63) is 0 Å². The third-order valence-corrected chi connectivity index (χ3v) is 0.477. The van der Waals surface area contributed by atoms with Crippen molar-refractivity contribution >= 4 is 29.2 Å². The van der Waals surface area contributed by atoms with Gasteiger partial charge in [0.15, 0.2) is 0 Å². The van der Waals surface area contributed by atoms with Crippen molar-refractivity contribution in [2.24, 2.45) is 4.99 Å². The second-order valence-corrected chi connectivity index (χ2v) is 1.27. The zero-order chi connectivity index (χ0) is 4.28. The molecular weight excluding hydrogens is 121 g/mol. The van der Waals surface area contributed by atoms with Crippen LogP contribution in [0.3, 0.4) is 0 Å². The maximum atomic E-state index is 5.21. The molecule has 3 heteroatoms. The molecule has 0 saturated heterocycles. The highest BCUT2D eigenvalue weighted by molar-refractivity contribution is 6.64. The molecule has 0 radical (unpaired) electrons. The molecule has 0 atom stereocenters. The number of hydrogen-bond donors (Lipinski definition) is 0. The van der Waals surface area contributed by atoms with E-state index in [4.69, 9.17) is 11.6 Å². The smallest absolute Gasteiger partial charge is 0.0968 e. The van der Waals surface area contributed by atoms with Gasteiger partial charge >= 0.3 is 0 Å².